The Hall–Kier alpha value is -3.17. The number of aromatic amines is 1. The zero-order valence-corrected chi connectivity index (χ0v) is 18.8. The van der Waals surface area contributed by atoms with Crippen LogP contribution in [0.1, 0.15) is 34.5 Å². The van der Waals surface area contributed by atoms with Gasteiger partial charge in [0, 0.05) is 36.4 Å². The third kappa shape index (κ3) is 4.39. The van der Waals surface area contributed by atoms with Gasteiger partial charge in [0.15, 0.2) is 6.61 Å². The lowest BCUT2D eigenvalue weighted by Gasteiger charge is -2.12. The Balaban J connectivity index is 1.37. The average Bonchev–Trinajstić information content (AvgIpc) is 3.15. The standard InChI is InChI=1S/C23H25N3O5S/c1-26(2)32(29,30)17-10-8-16(9-11-17)24-22(27)14-31-23(28)15-7-12-21-19(13-15)18-5-3-4-6-20(18)25-21/h7-13,25H,3-6,14H2,1-2H3,(H,24,27). The minimum absolute atomic E-state index is 0.120. The number of esters is 1. The highest BCUT2D eigenvalue weighted by Crippen LogP contribution is 2.29. The van der Waals surface area contributed by atoms with Crippen molar-refractivity contribution in [1.29, 1.82) is 0 Å². The smallest absolute Gasteiger partial charge is 0.338 e. The first-order valence-electron chi connectivity index (χ1n) is 10.4. The number of amides is 1. The predicted molar refractivity (Wildman–Crippen MR) is 121 cm³/mol. The molecular weight excluding hydrogens is 430 g/mol. The van der Waals surface area contributed by atoms with E-state index in [2.05, 4.69) is 10.3 Å². The molecule has 0 atom stereocenters. The maximum absolute atomic E-state index is 12.5. The van der Waals surface area contributed by atoms with Gasteiger partial charge in [-0.05, 0) is 73.7 Å². The summed E-state index contributed by atoms with van der Waals surface area (Å²) in [5, 5.41) is 3.63. The number of carbonyl (C=O) groups excluding carboxylic acids is 2. The minimum Gasteiger partial charge on any atom is -0.452 e. The first-order valence-corrected chi connectivity index (χ1v) is 11.8. The predicted octanol–water partition coefficient (Wildman–Crippen LogP) is 3.09. The maximum atomic E-state index is 12.5. The maximum Gasteiger partial charge on any atom is 0.338 e. The number of aromatic nitrogens is 1. The summed E-state index contributed by atoms with van der Waals surface area (Å²) in [7, 11) is -0.650. The van der Waals surface area contributed by atoms with E-state index in [1.165, 1.54) is 49.6 Å². The molecule has 9 heteroatoms. The van der Waals surface area contributed by atoms with Crippen LogP contribution in [0.4, 0.5) is 5.69 Å². The van der Waals surface area contributed by atoms with Crippen molar-refractivity contribution in [3.05, 3.63) is 59.3 Å². The molecule has 1 heterocycles. The number of ether oxygens (including phenoxy) is 1. The van der Waals surface area contributed by atoms with Gasteiger partial charge in [-0.3, -0.25) is 4.79 Å². The molecule has 0 bridgehead atoms. The number of aryl methyl sites for hydroxylation is 2. The molecule has 8 nitrogen and oxygen atoms in total. The van der Waals surface area contributed by atoms with Crippen LogP contribution in [0.5, 0.6) is 0 Å². The summed E-state index contributed by atoms with van der Waals surface area (Å²) in [6.07, 6.45) is 4.31. The second kappa shape index (κ2) is 8.76. The number of nitrogens with one attached hydrogen (secondary N) is 2. The van der Waals surface area contributed by atoms with Gasteiger partial charge >= 0.3 is 5.97 Å². The average molecular weight is 456 g/mol. The van der Waals surface area contributed by atoms with E-state index in [1.54, 1.807) is 6.07 Å². The SMILES string of the molecule is CN(C)S(=O)(=O)c1ccc(NC(=O)COC(=O)c2ccc3[nH]c4c(c3c2)CCCC4)cc1. The second-order valence-corrected chi connectivity index (χ2v) is 10.1. The summed E-state index contributed by atoms with van der Waals surface area (Å²) >= 11 is 0. The number of hydrogen-bond acceptors (Lipinski definition) is 5. The van der Waals surface area contributed by atoms with E-state index < -0.39 is 28.5 Å². The molecule has 32 heavy (non-hydrogen) atoms. The van der Waals surface area contributed by atoms with Crippen LogP contribution >= 0.6 is 0 Å². The topological polar surface area (TPSA) is 109 Å². The number of rotatable bonds is 6. The highest BCUT2D eigenvalue weighted by molar-refractivity contribution is 7.89. The molecule has 0 saturated carbocycles. The van der Waals surface area contributed by atoms with Gasteiger partial charge in [0.1, 0.15) is 0 Å². The van der Waals surface area contributed by atoms with Crippen molar-refractivity contribution in [3.63, 3.8) is 0 Å². The third-order valence-corrected chi connectivity index (χ3v) is 7.41. The fourth-order valence-electron chi connectivity index (χ4n) is 3.87. The zero-order chi connectivity index (χ0) is 22.9. The van der Waals surface area contributed by atoms with Gasteiger partial charge in [-0.15, -0.1) is 0 Å². The Labute approximate surface area is 186 Å². The summed E-state index contributed by atoms with van der Waals surface area (Å²) in [5.41, 5.74) is 4.31. The van der Waals surface area contributed by atoms with Crippen molar-refractivity contribution in [1.82, 2.24) is 9.29 Å². The van der Waals surface area contributed by atoms with Crippen LogP contribution < -0.4 is 5.32 Å². The van der Waals surface area contributed by atoms with Gasteiger partial charge in [-0.1, -0.05) is 0 Å². The van der Waals surface area contributed by atoms with Crippen LogP contribution in [0.2, 0.25) is 0 Å². The monoisotopic (exact) mass is 455 g/mol. The van der Waals surface area contributed by atoms with Gasteiger partial charge < -0.3 is 15.0 Å². The molecule has 0 fully saturated rings. The van der Waals surface area contributed by atoms with E-state index in [0.717, 1.165) is 40.9 Å². The van der Waals surface area contributed by atoms with Gasteiger partial charge in [0.2, 0.25) is 10.0 Å². The van der Waals surface area contributed by atoms with Crippen LogP contribution in [0.15, 0.2) is 47.4 Å². The number of nitrogens with zero attached hydrogens (tertiary/aromatic N) is 1. The van der Waals surface area contributed by atoms with E-state index in [0.29, 0.717) is 11.3 Å². The molecule has 1 aromatic heterocycles. The lowest BCUT2D eigenvalue weighted by atomic mass is 9.95. The largest absolute Gasteiger partial charge is 0.452 e. The van der Waals surface area contributed by atoms with Gasteiger partial charge in [-0.2, -0.15) is 0 Å². The second-order valence-electron chi connectivity index (χ2n) is 7.99. The molecule has 0 radical (unpaired) electrons. The Kier molecular flexibility index (Phi) is 6.03. The fraction of sp³-hybridized carbons (Fsp3) is 0.304. The Morgan fingerprint density at radius 3 is 2.50 bits per heavy atom. The first-order chi connectivity index (χ1) is 15.3. The van der Waals surface area contributed by atoms with Crippen molar-refractivity contribution in [2.75, 3.05) is 26.0 Å². The molecule has 0 aliphatic heterocycles. The number of benzene rings is 2. The molecule has 4 rings (SSSR count). The molecule has 2 aromatic carbocycles. The minimum atomic E-state index is -3.54. The molecule has 0 spiro atoms. The number of hydrogen-bond donors (Lipinski definition) is 2. The third-order valence-electron chi connectivity index (χ3n) is 5.58. The van der Waals surface area contributed by atoms with E-state index >= 15 is 0 Å². The van der Waals surface area contributed by atoms with Crippen LogP contribution in [-0.4, -0.2) is 50.3 Å². The van der Waals surface area contributed by atoms with Gasteiger partial charge in [0.25, 0.3) is 5.91 Å². The van der Waals surface area contributed by atoms with Crippen LogP contribution in [0.25, 0.3) is 10.9 Å². The summed E-state index contributed by atoms with van der Waals surface area (Å²) in [6, 6.07) is 11.2. The summed E-state index contributed by atoms with van der Waals surface area (Å²) < 4.78 is 30.5. The summed E-state index contributed by atoms with van der Waals surface area (Å²) in [4.78, 5) is 28.2. The molecule has 1 aliphatic rings. The Morgan fingerprint density at radius 2 is 1.78 bits per heavy atom. The van der Waals surface area contributed by atoms with Crippen LogP contribution in [0.3, 0.4) is 0 Å². The van der Waals surface area contributed by atoms with E-state index in [-0.39, 0.29) is 4.90 Å². The number of sulfonamides is 1. The normalized spacial score (nSPS) is 13.7. The molecule has 1 aliphatic carbocycles. The van der Waals surface area contributed by atoms with Crippen molar-refractivity contribution in [3.8, 4) is 0 Å². The molecule has 3 aromatic rings. The van der Waals surface area contributed by atoms with E-state index in [1.807, 2.05) is 12.1 Å². The van der Waals surface area contributed by atoms with Crippen molar-refractivity contribution in [2.24, 2.45) is 0 Å². The van der Waals surface area contributed by atoms with Gasteiger partial charge in [0.05, 0.1) is 10.5 Å². The zero-order valence-electron chi connectivity index (χ0n) is 18.0. The van der Waals surface area contributed by atoms with Crippen LogP contribution in [-0.2, 0) is 32.4 Å². The fourth-order valence-corrected chi connectivity index (χ4v) is 4.77. The van der Waals surface area contributed by atoms with E-state index in [9.17, 15) is 18.0 Å². The number of anilines is 1. The molecule has 1 amide bonds. The number of carbonyl (C=O) groups is 2. The lowest BCUT2D eigenvalue weighted by Crippen LogP contribution is -2.22. The molecule has 0 saturated heterocycles. The van der Waals surface area contributed by atoms with Gasteiger partial charge in [-0.25, -0.2) is 17.5 Å². The number of fused-ring (bicyclic) bond motifs is 3. The summed E-state index contributed by atoms with van der Waals surface area (Å²) in [5.74, 6) is -1.08. The first kappa shape index (κ1) is 22.0. The number of H-pyrrole nitrogens is 1. The Bertz CT molecular complexity index is 1280. The lowest BCUT2D eigenvalue weighted by molar-refractivity contribution is -0.119. The molecule has 168 valence electrons. The van der Waals surface area contributed by atoms with Crippen molar-refractivity contribution in [2.45, 2.75) is 30.6 Å². The molecular formula is C23H25N3O5S. The quantitative estimate of drug-likeness (QED) is 0.555. The molecule has 2 N–H and O–H groups in total. The highest BCUT2D eigenvalue weighted by atomic mass is 32.2. The Morgan fingerprint density at radius 1 is 1.06 bits per heavy atom. The van der Waals surface area contributed by atoms with Crippen molar-refractivity contribution < 1.29 is 22.7 Å². The van der Waals surface area contributed by atoms with Crippen molar-refractivity contribution >= 4 is 38.5 Å². The highest BCUT2D eigenvalue weighted by Gasteiger charge is 2.19. The van der Waals surface area contributed by atoms with Crippen LogP contribution in [0, 0.1) is 0 Å². The molecule has 0 unspecified atom stereocenters. The van der Waals surface area contributed by atoms with E-state index in [4.69, 9.17) is 4.74 Å². The summed E-state index contributed by atoms with van der Waals surface area (Å²) in [6.45, 7) is -0.445.